The predicted molar refractivity (Wildman–Crippen MR) is 95.5 cm³/mol. The summed E-state index contributed by atoms with van der Waals surface area (Å²) in [6.45, 7) is 17.0. The zero-order valence-electron chi connectivity index (χ0n) is 15.5. The van der Waals surface area contributed by atoms with Gasteiger partial charge < -0.3 is 14.3 Å². The molecule has 1 aliphatic rings. The van der Waals surface area contributed by atoms with Gasteiger partial charge in [0.2, 0.25) is 0 Å². The van der Waals surface area contributed by atoms with Gasteiger partial charge in [0.25, 0.3) is 0 Å². The molecular weight excluding hydrogens is 293 g/mol. The van der Waals surface area contributed by atoms with Gasteiger partial charge in [0.1, 0.15) is 5.78 Å². The number of Topliss-reactive ketones (excluding diaryl/α,β-unsaturated/α-hetero) is 1. The quantitative estimate of drug-likeness (QED) is 0.761. The van der Waals surface area contributed by atoms with Crippen molar-refractivity contribution in [3.8, 4) is 0 Å². The molecule has 6 heteroatoms. The fourth-order valence-electron chi connectivity index (χ4n) is 2.82. The molecule has 0 aromatic carbocycles. The maximum Gasteiger partial charge on any atom is 0.376 e. The second-order valence-electron chi connectivity index (χ2n) is 8.36. The molecule has 0 atom stereocenters. The van der Waals surface area contributed by atoms with Crippen molar-refractivity contribution < 1.29 is 14.2 Å². The van der Waals surface area contributed by atoms with Crippen LogP contribution in [0.1, 0.15) is 47.0 Å². The van der Waals surface area contributed by atoms with Crippen molar-refractivity contribution >= 4 is 21.2 Å². The van der Waals surface area contributed by atoms with Crippen molar-refractivity contribution in [3.63, 3.8) is 0 Å². The highest BCUT2D eigenvalue weighted by Crippen LogP contribution is 2.39. The van der Waals surface area contributed by atoms with Crippen LogP contribution < -0.4 is 0 Å². The Bertz CT molecular complexity index is 385. The number of carbonyl (C=O) groups is 1. The van der Waals surface area contributed by atoms with Crippen LogP contribution in [0.2, 0.25) is 25.0 Å². The largest absolute Gasteiger partial charge is 0.437 e. The van der Waals surface area contributed by atoms with Crippen LogP contribution in [-0.4, -0.2) is 50.7 Å². The van der Waals surface area contributed by atoms with Gasteiger partial charge in [0, 0.05) is 12.0 Å². The maximum atomic E-state index is 12.2. The lowest BCUT2D eigenvalue weighted by Gasteiger charge is -2.42. The Morgan fingerprint density at radius 1 is 1.32 bits per heavy atom. The SMILES string of the molecule is CB(O)N1CCC(CCO[Si](C)(C)C(C)(C)C)(C(C)=O)CC1. The summed E-state index contributed by atoms with van der Waals surface area (Å²) in [5.74, 6) is 0.275. The minimum Gasteiger partial charge on any atom is -0.437 e. The fourth-order valence-corrected chi connectivity index (χ4v) is 3.87. The van der Waals surface area contributed by atoms with Crippen LogP contribution in [0.15, 0.2) is 0 Å². The second-order valence-corrected chi connectivity index (χ2v) is 13.2. The van der Waals surface area contributed by atoms with Crippen LogP contribution in [0, 0.1) is 5.41 Å². The summed E-state index contributed by atoms with van der Waals surface area (Å²) in [4.78, 5) is 14.3. The van der Waals surface area contributed by atoms with Crippen molar-refractivity contribution in [2.24, 2.45) is 5.41 Å². The molecule has 1 heterocycles. The third kappa shape index (κ3) is 4.66. The fraction of sp³-hybridized carbons (Fsp3) is 0.938. The zero-order valence-corrected chi connectivity index (χ0v) is 16.5. The molecule has 22 heavy (non-hydrogen) atoms. The van der Waals surface area contributed by atoms with E-state index in [0.29, 0.717) is 6.61 Å². The van der Waals surface area contributed by atoms with Gasteiger partial charge in [-0.2, -0.15) is 0 Å². The molecule has 128 valence electrons. The molecule has 0 saturated carbocycles. The van der Waals surface area contributed by atoms with Crippen molar-refractivity contribution in [1.82, 2.24) is 4.81 Å². The van der Waals surface area contributed by atoms with Crippen LogP contribution in [0.5, 0.6) is 0 Å². The van der Waals surface area contributed by atoms with Gasteiger partial charge in [-0.3, -0.25) is 4.79 Å². The highest BCUT2D eigenvalue weighted by molar-refractivity contribution is 6.74. The summed E-state index contributed by atoms with van der Waals surface area (Å²) in [6, 6.07) is 0. The second kappa shape index (κ2) is 7.16. The summed E-state index contributed by atoms with van der Waals surface area (Å²) in [6.07, 6.45) is 2.46. The smallest absolute Gasteiger partial charge is 0.376 e. The summed E-state index contributed by atoms with van der Waals surface area (Å²) < 4.78 is 6.27. The molecular formula is C16H34BNO3Si. The molecule has 0 radical (unpaired) electrons. The normalized spacial score (nSPS) is 20.0. The first-order valence-electron chi connectivity index (χ1n) is 8.48. The third-order valence-corrected chi connectivity index (χ3v) is 10.4. The number of hydrogen-bond donors (Lipinski definition) is 1. The first kappa shape index (κ1) is 19.9. The minimum atomic E-state index is -1.75. The van der Waals surface area contributed by atoms with E-state index in [2.05, 4.69) is 33.9 Å². The number of piperidine rings is 1. The van der Waals surface area contributed by atoms with E-state index in [0.717, 1.165) is 32.4 Å². The Kier molecular flexibility index (Phi) is 6.47. The lowest BCUT2D eigenvalue weighted by atomic mass is 9.70. The van der Waals surface area contributed by atoms with Gasteiger partial charge in [0.15, 0.2) is 8.32 Å². The highest BCUT2D eigenvalue weighted by Gasteiger charge is 2.41. The first-order chi connectivity index (χ1) is 9.91. The summed E-state index contributed by atoms with van der Waals surface area (Å²) in [5.41, 5.74) is -0.256. The van der Waals surface area contributed by atoms with Gasteiger partial charge in [-0.15, -0.1) is 0 Å². The van der Waals surface area contributed by atoms with Crippen molar-refractivity contribution in [2.75, 3.05) is 19.7 Å². The molecule has 0 bridgehead atoms. The van der Waals surface area contributed by atoms with E-state index >= 15 is 0 Å². The highest BCUT2D eigenvalue weighted by atomic mass is 28.4. The van der Waals surface area contributed by atoms with E-state index in [1.54, 1.807) is 13.7 Å². The Morgan fingerprint density at radius 3 is 2.18 bits per heavy atom. The maximum absolute atomic E-state index is 12.2. The minimum absolute atomic E-state index is 0.200. The Balaban J connectivity index is 2.62. The van der Waals surface area contributed by atoms with E-state index < -0.39 is 15.4 Å². The number of hydrogen-bond acceptors (Lipinski definition) is 4. The summed E-state index contributed by atoms with van der Waals surface area (Å²) in [5, 5.41) is 9.88. The molecule has 0 amide bonds. The van der Waals surface area contributed by atoms with Crippen molar-refractivity contribution in [2.45, 2.75) is 71.9 Å². The van der Waals surface area contributed by atoms with E-state index in [1.807, 2.05) is 4.81 Å². The molecule has 4 nitrogen and oxygen atoms in total. The van der Waals surface area contributed by atoms with Gasteiger partial charge in [0.05, 0.1) is 0 Å². The standard InChI is InChI=1S/C16H34BNO3Si/c1-14(19)16(8-11-18(12-9-16)17(5)20)10-13-21-22(6,7)15(2,3)4/h20H,8-13H2,1-7H3. The molecule has 1 rings (SSSR count). The number of rotatable bonds is 6. The molecule has 1 aliphatic heterocycles. The Hall–Kier alpha value is -0.168. The number of carbonyl (C=O) groups excluding carboxylic acids is 1. The van der Waals surface area contributed by atoms with E-state index in [-0.39, 0.29) is 16.2 Å². The average molecular weight is 327 g/mol. The van der Waals surface area contributed by atoms with Crippen molar-refractivity contribution in [1.29, 1.82) is 0 Å². The Morgan fingerprint density at radius 2 is 1.82 bits per heavy atom. The van der Waals surface area contributed by atoms with E-state index in [4.69, 9.17) is 4.43 Å². The number of ketones is 1. The van der Waals surface area contributed by atoms with E-state index in [9.17, 15) is 9.82 Å². The molecule has 0 spiro atoms. The molecule has 0 aromatic heterocycles. The van der Waals surface area contributed by atoms with Crippen LogP contribution in [0.3, 0.4) is 0 Å². The lowest BCUT2D eigenvalue weighted by Crippen LogP contribution is -2.49. The molecule has 1 fully saturated rings. The first-order valence-corrected chi connectivity index (χ1v) is 11.4. The summed E-state index contributed by atoms with van der Waals surface area (Å²) >= 11 is 0. The van der Waals surface area contributed by atoms with Gasteiger partial charge in [-0.1, -0.05) is 20.8 Å². The van der Waals surface area contributed by atoms with Crippen LogP contribution in [0.25, 0.3) is 0 Å². The van der Waals surface area contributed by atoms with Crippen molar-refractivity contribution in [3.05, 3.63) is 0 Å². The molecule has 0 aliphatic carbocycles. The van der Waals surface area contributed by atoms with E-state index in [1.165, 1.54) is 0 Å². The lowest BCUT2D eigenvalue weighted by molar-refractivity contribution is -0.129. The molecule has 1 saturated heterocycles. The Labute approximate surface area is 137 Å². The van der Waals surface area contributed by atoms with Crippen LogP contribution in [-0.2, 0) is 9.22 Å². The molecule has 0 aromatic rings. The molecule has 0 unspecified atom stereocenters. The average Bonchev–Trinajstić information content (AvgIpc) is 2.37. The monoisotopic (exact) mass is 327 g/mol. The zero-order chi connectivity index (χ0) is 17.2. The predicted octanol–water partition coefficient (Wildman–Crippen LogP) is 3.18. The summed E-state index contributed by atoms with van der Waals surface area (Å²) in [7, 11) is -2.17. The topological polar surface area (TPSA) is 49.8 Å². The van der Waals surface area contributed by atoms with Gasteiger partial charge in [-0.05, 0) is 64.2 Å². The molecule has 1 N–H and O–H groups in total. The van der Waals surface area contributed by atoms with Gasteiger partial charge in [-0.25, -0.2) is 0 Å². The number of nitrogens with zero attached hydrogens (tertiary/aromatic N) is 1. The van der Waals surface area contributed by atoms with Crippen LogP contribution in [0.4, 0.5) is 0 Å². The van der Waals surface area contributed by atoms with Crippen LogP contribution >= 0.6 is 0 Å². The van der Waals surface area contributed by atoms with Gasteiger partial charge >= 0.3 is 7.05 Å². The third-order valence-electron chi connectivity index (χ3n) is 5.88.